The van der Waals surface area contributed by atoms with E-state index in [1.807, 2.05) is 40.7 Å². The number of benzene rings is 1. The van der Waals surface area contributed by atoms with Crippen molar-refractivity contribution in [3.05, 3.63) is 29.3 Å². The summed E-state index contributed by atoms with van der Waals surface area (Å²) in [4.78, 5) is 38.9. The number of hydrogen-bond acceptors (Lipinski definition) is 3. The van der Waals surface area contributed by atoms with E-state index in [9.17, 15) is 14.4 Å². The molecular formula is C20H29N3O3. The average molecular weight is 359 g/mol. The van der Waals surface area contributed by atoms with Crippen molar-refractivity contribution in [2.75, 3.05) is 11.9 Å². The quantitative estimate of drug-likeness (QED) is 0.820. The van der Waals surface area contributed by atoms with Gasteiger partial charge in [0.15, 0.2) is 0 Å². The fourth-order valence-corrected chi connectivity index (χ4v) is 3.27. The van der Waals surface area contributed by atoms with Gasteiger partial charge in [-0.2, -0.15) is 0 Å². The van der Waals surface area contributed by atoms with Gasteiger partial charge in [0, 0.05) is 30.3 Å². The fourth-order valence-electron chi connectivity index (χ4n) is 3.27. The SMILES string of the molecule is Cc1ccc(NC(=O)C(C(C)C)N2CCCC2=O)cc1C(=O)NC(C)C. The van der Waals surface area contributed by atoms with Crippen molar-refractivity contribution >= 4 is 23.4 Å². The molecule has 1 saturated heterocycles. The molecule has 1 unspecified atom stereocenters. The Hall–Kier alpha value is -2.37. The van der Waals surface area contributed by atoms with Crippen molar-refractivity contribution < 1.29 is 14.4 Å². The minimum Gasteiger partial charge on any atom is -0.350 e. The van der Waals surface area contributed by atoms with Crippen LogP contribution in [0, 0.1) is 12.8 Å². The number of nitrogens with zero attached hydrogens (tertiary/aromatic N) is 1. The Kier molecular flexibility index (Phi) is 6.40. The Balaban J connectivity index is 2.19. The van der Waals surface area contributed by atoms with Gasteiger partial charge in [-0.1, -0.05) is 19.9 Å². The third-order valence-corrected chi connectivity index (χ3v) is 4.52. The lowest BCUT2D eigenvalue weighted by Crippen LogP contribution is -2.48. The standard InChI is InChI=1S/C20H29N3O3/c1-12(2)18(23-10-6-7-17(23)24)20(26)22-15-9-8-14(5)16(11-15)19(25)21-13(3)4/h8-9,11-13,18H,6-7,10H2,1-5H3,(H,21,25)(H,22,26). The Bertz CT molecular complexity index is 698. The van der Waals surface area contributed by atoms with Crippen LogP contribution in [0.3, 0.4) is 0 Å². The molecule has 1 aromatic carbocycles. The molecule has 1 aliphatic heterocycles. The maximum Gasteiger partial charge on any atom is 0.251 e. The minimum atomic E-state index is -0.501. The molecule has 0 aromatic heterocycles. The van der Waals surface area contributed by atoms with Crippen LogP contribution in [-0.2, 0) is 9.59 Å². The topological polar surface area (TPSA) is 78.5 Å². The van der Waals surface area contributed by atoms with Crippen LogP contribution in [0.15, 0.2) is 18.2 Å². The first-order valence-corrected chi connectivity index (χ1v) is 9.22. The summed E-state index contributed by atoms with van der Waals surface area (Å²) in [7, 11) is 0. The zero-order valence-corrected chi connectivity index (χ0v) is 16.3. The first kappa shape index (κ1) is 19.9. The predicted octanol–water partition coefficient (Wildman–Crippen LogP) is 2.72. The van der Waals surface area contributed by atoms with E-state index in [2.05, 4.69) is 10.6 Å². The highest BCUT2D eigenvalue weighted by Crippen LogP contribution is 2.22. The highest BCUT2D eigenvalue weighted by Gasteiger charge is 2.35. The first-order valence-electron chi connectivity index (χ1n) is 9.22. The summed E-state index contributed by atoms with van der Waals surface area (Å²) < 4.78 is 0. The van der Waals surface area contributed by atoms with Gasteiger partial charge < -0.3 is 15.5 Å². The molecule has 0 radical (unpaired) electrons. The molecule has 3 amide bonds. The number of anilines is 1. The van der Waals surface area contributed by atoms with Gasteiger partial charge >= 0.3 is 0 Å². The molecular weight excluding hydrogens is 330 g/mol. The molecule has 1 aliphatic rings. The van der Waals surface area contributed by atoms with Gasteiger partial charge in [-0.15, -0.1) is 0 Å². The van der Waals surface area contributed by atoms with Crippen LogP contribution >= 0.6 is 0 Å². The van der Waals surface area contributed by atoms with E-state index in [1.165, 1.54) is 0 Å². The van der Waals surface area contributed by atoms with Crippen LogP contribution in [0.4, 0.5) is 5.69 Å². The second-order valence-corrected chi connectivity index (χ2v) is 7.53. The number of amides is 3. The van der Waals surface area contributed by atoms with E-state index in [4.69, 9.17) is 0 Å². The van der Waals surface area contributed by atoms with E-state index in [1.54, 1.807) is 17.0 Å². The summed E-state index contributed by atoms with van der Waals surface area (Å²) >= 11 is 0. The molecule has 0 bridgehead atoms. The van der Waals surface area contributed by atoms with E-state index in [0.29, 0.717) is 24.2 Å². The molecule has 0 spiro atoms. The molecule has 6 nitrogen and oxygen atoms in total. The number of rotatable bonds is 6. The van der Waals surface area contributed by atoms with Gasteiger partial charge in [0.25, 0.3) is 5.91 Å². The minimum absolute atomic E-state index is 0.00575. The van der Waals surface area contributed by atoms with E-state index < -0.39 is 6.04 Å². The van der Waals surface area contributed by atoms with Crippen LogP contribution in [0.25, 0.3) is 0 Å². The summed E-state index contributed by atoms with van der Waals surface area (Å²) in [6, 6.07) is 4.82. The van der Waals surface area contributed by atoms with Crippen LogP contribution in [0.5, 0.6) is 0 Å². The zero-order valence-electron chi connectivity index (χ0n) is 16.3. The predicted molar refractivity (Wildman–Crippen MR) is 102 cm³/mol. The molecule has 2 N–H and O–H groups in total. The normalized spacial score (nSPS) is 15.5. The lowest BCUT2D eigenvalue weighted by atomic mass is 10.0. The molecule has 1 heterocycles. The second-order valence-electron chi connectivity index (χ2n) is 7.53. The van der Waals surface area contributed by atoms with Gasteiger partial charge in [0.1, 0.15) is 6.04 Å². The number of nitrogens with one attached hydrogen (secondary N) is 2. The van der Waals surface area contributed by atoms with Gasteiger partial charge in [-0.05, 0) is 50.8 Å². The Morgan fingerprint density at radius 2 is 1.85 bits per heavy atom. The Morgan fingerprint density at radius 1 is 1.15 bits per heavy atom. The molecule has 6 heteroatoms. The van der Waals surface area contributed by atoms with E-state index >= 15 is 0 Å². The smallest absolute Gasteiger partial charge is 0.251 e. The third-order valence-electron chi connectivity index (χ3n) is 4.52. The molecule has 0 saturated carbocycles. The third kappa shape index (κ3) is 4.62. The van der Waals surface area contributed by atoms with Gasteiger partial charge in [-0.25, -0.2) is 0 Å². The summed E-state index contributed by atoms with van der Waals surface area (Å²) in [5.41, 5.74) is 1.94. The largest absolute Gasteiger partial charge is 0.350 e. The zero-order chi connectivity index (χ0) is 19.4. The molecule has 0 aliphatic carbocycles. The fraction of sp³-hybridized carbons (Fsp3) is 0.550. The van der Waals surface area contributed by atoms with E-state index in [0.717, 1.165) is 12.0 Å². The Morgan fingerprint density at radius 3 is 2.38 bits per heavy atom. The van der Waals surface area contributed by atoms with Crippen LogP contribution in [0.1, 0.15) is 56.5 Å². The lowest BCUT2D eigenvalue weighted by molar-refractivity contribution is -0.136. The van der Waals surface area contributed by atoms with Crippen molar-refractivity contribution in [2.24, 2.45) is 5.92 Å². The van der Waals surface area contributed by atoms with Crippen molar-refractivity contribution in [2.45, 2.75) is 59.5 Å². The van der Waals surface area contributed by atoms with Gasteiger partial charge in [0.05, 0.1) is 0 Å². The summed E-state index contributed by atoms with van der Waals surface area (Å²) in [6.07, 6.45) is 1.29. The lowest BCUT2D eigenvalue weighted by Gasteiger charge is -2.30. The monoisotopic (exact) mass is 359 g/mol. The number of carbonyl (C=O) groups is 3. The summed E-state index contributed by atoms with van der Waals surface area (Å²) in [5.74, 6) is -0.344. The highest BCUT2D eigenvalue weighted by atomic mass is 16.2. The van der Waals surface area contributed by atoms with Crippen LogP contribution in [0.2, 0.25) is 0 Å². The number of aryl methyl sites for hydroxylation is 1. The molecule has 1 aromatic rings. The van der Waals surface area contributed by atoms with Gasteiger partial charge in [0.2, 0.25) is 11.8 Å². The van der Waals surface area contributed by atoms with Crippen LogP contribution in [-0.4, -0.2) is 41.2 Å². The van der Waals surface area contributed by atoms with Crippen molar-refractivity contribution in [1.82, 2.24) is 10.2 Å². The number of carbonyl (C=O) groups excluding carboxylic acids is 3. The van der Waals surface area contributed by atoms with Crippen molar-refractivity contribution in [1.29, 1.82) is 0 Å². The average Bonchev–Trinajstić information content (AvgIpc) is 2.94. The van der Waals surface area contributed by atoms with Gasteiger partial charge in [-0.3, -0.25) is 14.4 Å². The van der Waals surface area contributed by atoms with Crippen LogP contribution < -0.4 is 10.6 Å². The molecule has 1 fully saturated rings. The highest BCUT2D eigenvalue weighted by molar-refractivity contribution is 6.00. The number of likely N-dealkylation sites (tertiary alicyclic amines) is 1. The molecule has 1 atom stereocenters. The first-order chi connectivity index (χ1) is 12.2. The van der Waals surface area contributed by atoms with E-state index in [-0.39, 0.29) is 29.7 Å². The van der Waals surface area contributed by atoms with Crippen molar-refractivity contribution in [3.8, 4) is 0 Å². The maximum atomic E-state index is 12.8. The maximum absolute atomic E-state index is 12.8. The van der Waals surface area contributed by atoms with Crippen molar-refractivity contribution in [3.63, 3.8) is 0 Å². The summed E-state index contributed by atoms with van der Waals surface area (Å²) in [5, 5.41) is 5.75. The summed E-state index contributed by atoms with van der Waals surface area (Å²) in [6.45, 7) is 10.2. The second kappa shape index (κ2) is 8.34. The molecule has 2 rings (SSSR count). The molecule has 142 valence electrons. The molecule has 26 heavy (non-hydrogen) atoms. The number of hydrogen-bond donors (Lipinski definition) is 2. The Labute approximate surface area is 155 Å².